The summed E-state index contributed by atoms with van der Waals surface area (Å²) in [6.07, 6.45) is 0. The molecule has 0 saturated carbocycles. The molecular weight excluding hydrogens is 476 g/mol. The molecule has 2 aliphatic heterocycles. The monoisotopic (exact) mass is 502 g/mol. The molecule has 0 bridgehead atoms. The van der Waals surface area contributed by atoms with E-state index in [2.05, 4.69) is 5.32 Å². The van der Waals surface area contributed by atoms with Crippen molar-refractivity contribution < 1.29 is 14.3 Å². The summed E-state index contributed by atoms with van der Waals surface area (Å²) in [6, 6.07) is 13.9. The maximum absolute atomic E-state index is 14.0. The van der Waals surface area contributed by atoms with Crippen LogP contribution in [0.25, 0.3) is 5.57 Å². The van der Waals surface area contributed by atoms with Gasteiger partial charge < -0.3 is 15.0 Å². The highest BCUT2D eigenvalue weighted by molar-refractivity contribution is 7.07. The van der Waals surface area contributed by atoms with Crippen molar-refractivity contribution >= 4 is 34.4 Å². The number of nitrogens with one attached hydrogen (secondary N) is 1. The van der Waals surface area contributed by atoms with Crippen molar-refractivity contribution in [2.45, 2.75) is 26.8 Å². The molecule has 9 heteroatoms. The lowest BCUT2D eigenvalue weighted by atomic mass is 9.94. The van der Waals surface area contributed by atoms with Gasteiger partial charge >= 0.3 is 0 Å². The van der Waals surface area contributed by atoms with E-state index < -0.39 is 6.04 Å². The van der Waals surface area contributed by atoms with Gasteiger partial charge in [0.25, 0.3) is 17.4 Å². The summed E-state index contributed by atoms with van der Waals surface area (Å²) in [5.41, 5.74) is 2.94. The first-order valence-corrected chi connectivity index (χ1v) is 12.6. The number of hydrogen-bond donors (Lipinski definition) is 1. The van der Waals surface area contributed by atoms with Crippen molar-refractivity contribution in [3.05, 3.63) is 90.6 Å². The highest BCUT2D eigenvalue weighted by Crippen LogP contribution is 2.36. The number of rotatable bonds is 5. The van der Waals surface area contributed by atoms with Crippen molar-refractivity contribution in [2.75, 3.05) is 25.5 Å². The minimum Gasteiger partial charge on any atom is -0.496 e. The van der Waals surface area contributed by atoms with Gasteiger partial charge in [0.15, 0.2) is 4.80 Å². The zero-order valence-electron chi connectivity index (χ0n) is 20.5. The first-order valence-electron chi connectivity index (χ1n) is 11.8. The summed E-state index contributed by atoms with van der Waals surface area (Å²) in [5.74, 6) is 0.0498. The number of fused-ring (bicyclic) bond motifs is 2. The number of allylic oxidation sites excluding steroid dienone is 1. The van der Waals surface area contributed by atoms with Gasteiger partial charge in [-0.25, -0.2) is 4.99 Å². The third kappa shape index (κ3) is 3.58. The van der Waals surface area contributed by atoms with Crippen LogP contribution in [-0.2, 0) is 9.59 Å². The van der Waals surface area contributed by atoms with Gasteiger partial charge in [-0.1, -0.05) is 47.7 Å². The first kappa shape index (κ1) is 23.7. The molecule has 3 aromatic rings. The van der Waals surface area contributed by atoms with Crippen LogP contribution in [0.4, 0.5) is 5.69 Å². The molecule has 1 atom stereocenters. The fourth-order valence-electron chi connectivity index (χ4n) is 4.86. The summed E-state index contributed by atoms with van der Waals surface area (Å²) < 4.78 is 7.46. The van der Waals surface area contributed by atoms with Crippen LogP contribution in [0.3, 0.4) is 0 Å². The molecule has 36 heavy (non-hydrogen) atoms. The van der Waals surface area contributed by atoms with E-state index in [1.54, 1.807) is 25.0 Å². The van der Waals surface area contributed by atoms with E-state index in [0.29, 0.717) is 61.8 Å². The average molecular weight is 503 g/mol. The molecular formula is C27H26N4O4S. The molecule has 3 heterocycles. The third-order valence-corrected chi connectivity index (χ3v) is 7.66. The van der Waals surface area contributed by atoms with Crippen molar-refractivity contribution in [1.82, 2.24) is 9.47 Å². The Labute approximate surface area is 211 Å². The van der Waals surface area contributed by atoms with Crippen LogP contribution in [0, 0.1) is 0 Å². The SMILES string of the molecule is CCN(CC)C(=O)C1=C(C)N=c2s/c(=C3\C(=O)Nc4ccccc43)c(=O)n2[C@@H]1c1ccccc1OC. The number of methoxy groups -OCH3 is 1. The minimum absolute atomic E-state index is 0.181. The molecule has 184 valence electrons. The number of amides is 2. The number of aromatic nitrogens is 1. The first-order chi connectivity index (χ1) is 17.4. The number of nitrogens with zero attached hydrogens (tertiary/aromatic N) is 3. The lowest BCUT2D eigenvalue weighted by Gasteiger charge is -2.29. The summed E-state index contributed by atoms with van der Waals surface area (Å²) in [7, 11) is 1.56. The van der Waals surface area contributed by atoms with E-state index in [9.17, 15) is 14.4 Å². The Bertz CT molecular complexity index is 1610. The third-order valence-electron chi connectivity index (χ3n) is 6.61. The largest absolute Gasteiger partial charge is 0.496 e. The molecule has 0 unspecified atom stereocenters. The van der Waals surface area contributed by atoms with Crippen molar-refractivity contribution in [3.63, 3.8) is 0 Å². The molecule has 8 nitrogen and oxygen atoms in total. The maximum Gasteiger partial charge on any atom is 0.271 e. The maximum atomic E-state index is 14.0. The van der Waals surface area contributed by atoms with E-state index in [0.717, 1.165) is 11.3 Å². The van der Waals surface area contributed by atoms with Crippen molar-refractivity contribution in [3.8, 4) is 5.75 Å². The topological polar surface area (TPSA) is 93.0 Å². The van der Waals surface area contributed by atoms with Crippen LogP contribution in [0.2, 0.25) is 0 Å². The number of hydrogen-bond acceptors (Lipinski definition) is 6. The summed E-state index contributed by atoms with van der Waals surface area (Å²) in [5, 5.41) is 2.84. The van der Waals surface area contributed by atoms with Gasteiger partial charge in [-0.3, -0.25) is 19.0 Å². The molecule has 0 fully saturated rings. The fourth-order valence-corrected chi connectivity index (χ4v) is 6.00. The zero-order chi connectivity index (χ0) is 25.6. The van der Waals surface area contributed by atoms with Gasteiger partial charge in [0.2, 0.25) is 0 Å². The van der Waals surface area contributed by atoms with Crippen molar-refractivity contribution in [2.24, 2.45) is 4.99 Å². The number of ether oxygens (including phenoxy) is 1. The summed E-state index contributed by atoms with van der Waals surface area (Å²) >= 11 is 1.16. The molecule has 0 radical (unpaired) electrons. The van der Waals surface area contributed by atoms with Crippen LogP contribution < -0.4 is 24.9 Å². The van der Waals surface area contributed by atoms with Gasteiger partial charge in [-0.15, -0.1) is 0 Å². The number of likely N-dealkylation sites (N-methyl/N-ethyl adjacent to an activating group) is 1. The smallest absolute Gasteiger partial charge is 0.271 e. The summed E-state index contributed by atoms with van der Waals surface area (Å²) in [4.78, 5) is 47.6. The predicted molar refractivity (Wildman–Crippen MR) is 139 cm³/mol. The molecule has 1 N–H and O–H groups in total. The van der Waals surface area contributed by atoms with Crippen LogP contribution in [0.5, 0.6) is 5.75 Å². The second-order valence-corrected chi connectivity index (χ2v) is 9.47. The second kappa shape index (κ2) is 9.23. The van der Waals surface area contributed by atoms with E-state index in [-0.39, 0.29) is 17.4 Å². The number of benzene rings is 2. The van der Waals surface area contributed by atoms with Gasteiger partial charge in [0.05, 0.1) is 24.0 Å². The number of para-hydroxylation sites is 2. The average Bonchev–Trinajstić information content (AvgIpc) is 3.38. The second-order valence-electron chi connectivity index (χ2n) is 8.50. The fraction of sp³-hybridized carbons (Fsp3) is 0.259. The van der Waals surface area contributed by atoms with Gasteiger partial charge in [-0.2, -0.15) is 0 Å². The zero-order valence-corrected chi connectivity index (χ0v) is 21.3. The molecule has 5 rings (SSSR count). The number of thiazole rings is 1. The highest BCUT2D eigenvalue weighted by Gasteiger charge is 2.36. The Morgan fingerprint density at radius 3 is 2.53 bits per heavy atom. The van der Waals surface area contributed by atoms with Gasteiger partial charge in [0.1, 0.15) is 16.3 Å². The predicted octanol–water partition coefficient (Wildman–Crippen LogP) is 2.43. The Hall–Kier alpha value is -3.98. The number of anilines is 1. The number of carbonyl (C=O) groups is 2. The van der Waals surface area contributed by atoms with Crippen LogP contribution in [-0.4, -0.2) is 41.5 Å². The molecule has 2 aromatic carbocycles. The molecule has 1 aromatic heterocycles. The standard InChI is InChI=1S/C27H26N4O4S/c1-5-30(6-2)25(33)20-15(3)28-27-31(22(20)17-12-8-10-14-19(17)35-4)26(34)23(36-27)21-16-11-7-9-13-18(16)29-24(21)32/h7-14,22H,5-6H2,1-4H3,(H,29,32)/b23-21-/t22-/m1/s1. The highest BCUT2D eigenvalue weighted by atomic mass is 32.1. The van der Waals surface area contributed by atoms with E-state index in [4.69, 9.17) is 9.73 Å². The normalized spacial score (nSPS) is 17.8. The quantitative estimate of drug-likeness (QED) is 0.580. The molecule has 0 saturated heterocycles. The molecule has 2 aliphatic rings. The van der Waals surface area contributed by atoms with Gasteiger partial charge in [-0.05, 0) is 32.9 Å². The van der Waals surface area contributed by atoms with Crippen LogP contribution in [0.1, 0.15) is 37.9 Å². The molecule has 0 aliphatic carbocycles. The van der Waals surface area contributed by atoms with E-state index >= 15 is 0 Å². The molecule has 0 spiro atoms. The Morgan fingerprint density at radius 2 is 1.81 bits per heavy atom. The number of carbonyl (C=O) groups excluding carboxylic acids is 2. The van der Waals surface area contributed by atoms with E-state index in [1.807, 2.05) is 56.3 Å². The Kier molecular flexibility index (Phi) is 6.09. The van der Waals surface area contributed by atoms with E-state index in [1.165, 1.54) is 4.57 Å². The lowest BCUT2D eigenvalue weighted by Crippen LogP contribution is -2.43. The lowest BCUT2D eigenvalue weighted by molar-refractivity contribution is -0.127. The minimum atomic E-state index is -0.750. The Balaban J connectivity index is 1.84. The van der Waals surface area contributed by atoms with Crippen LogP contribution >= 0.6 is 11.3 Å². The molecule has 2 amide bonds. The Morgan fingerprint density at radius 1 is 1.11 bits per heavy atom. The van der Waals surface area contributed by atoms with Crippen LogP contribution in [0.15, 0.2) is 69.6 Å². The van der Waals surface area contributed by atoms with Crippen molar-refractivity contribution in [1.29, 1.82) is 0 Å². The van der Waals surface area contributed by atoms with Gasteiger partial charge in [0, 0.05) is 29.9 Å². The summed E-state index contributed by atoms with van der Waals surface area (Å²) in [6.45, 7) is 6.68.